The van der Waals surface area contributed by atoms with Crippen molar-refractivity contribution >= 4 is 51.7 Å². The van der Waals surface area contributed by atoms with Crippen LogP contribution >= 0.6 is 22.6 Å². The number of non-ortho nitro benzene ring substituents is 1. The van der Waals surface area contributed by atoms with Crippen molar-refractivity contribution in [3.63, 3.8) is 0 Å². The third kappa shape index (κ3) is 3.71. The van der Waals surface area contributed by atoms with Crippen LogP contribution in [0, 0.1) is 13.7 Å². The van der Waals surface area contributed by atoms with Crippen molar-refractivity contribution in [2.45, 2.75) is 0 Å². The van der Waals surface area contributed by atoms with Crippen molar-refractivity contribution in [2.75, 3.05) is 23.4 Å². The molecule has 1 aliphatic rings. The van der Waals surface area contributed by atoms with Crippen molar-refractivity contribution < 1.29 is 19.2 Å². The molecule has 2 amide bonds. The van der Waals surface area contributed by atoms with Gasteiger partial charge in [-0.05, 0) is 46.9 Å². The van der Waals surface area contributed by atoms with E-state index in [2.05, 4.69) is 5.32 Å². The molecule has 0 aromatic heterocycles. The molecule has 0 saturated carbocycles. The van der Waals surface area contributed by atoms with Gasteiger partial charge in [0, 0.05) is 27.1 Å². The first-order chi connectivity index (χ1) is 12.0. The number of ether oxygens (including phenoxy) is 1. The van der Waals surface area contributed by atoms with E-state index in [9.17, 15) is 19.7 Å². The maximum Gasteiger partial charge on any atom is 0.414 e. The van der Waals surface area contributed by atoms with Gasteiger partial charge in [-0.25, -0.2) is 4.79 Å². The molecule has 0 spiro atoms. The number of halogens is 1. The van der Waals surface area contributed by atoms with E-state index < -0.39 is 16.9 Å². The van der Waals surface area contributed by atoms with E-state index in [0.29, 0.717) is 28.1 Å². The SMILES string of the molecule is O=C(Nc1cccc(N2CCOC2=O)c1)c1cc([N+](=O)[O-])ccc1I. The summed E-state index contributed by atoms with van der Waals surface area (Å²) in [6, 6.07) is 10.9. The standard InChI is InChI=1S/C16H12IN3O5/c17-14-5-4-12(20(23)24)9-13(14)15(21)18-10-2-1-3-11(8-10)19-6-7-25-16(19)22/h1-5,8-9H,6-7H2,(H,18,21). The van der Waals surface area contributed by atoms with Gasteiger partial charge in [0.25, 0.3) is 11.6 Å². The summed E-state index contributed by atoms with van der Waals surface area (Å²) in [6.45, 7) is 0.764. The third-order valence-electron chi connectivity index (χ3n) is 3.58. The molecule has 0 bridgehead atoms. The first-order valence-corrected chi connectivity index (χ1v) is 8.33. The number of anilines is 2. The highest BCUT2D eigenvalue weighted by molar-refractivity contribution is 14.1. The van der Waals surface area contributed by atoms with E-state index in [1.54, 1.807) is 24.3 Å². The number of hydrogen-bond acceptors (Lipinski definition) is 5. The van der Waals surface area contributed by atoms with E-state index >= 15 is 0 Å². The second kappa shape index (κ2) is 7.05. The minimum Gasteiger partial charge on any atom is -0.447 e. The number of nitrogens with one attached hydrogen (secondary N) is 1. The fourth-order valence-electron chi connectivity index (χ4n) is 2.38. The van der Waals surface area contributed by atoms with Gasteiger partial charge in [-0.15, -0.1) is 0 Å². The van der Waals surface area contributed by atoms with Gasteiger partial charge in [0.2, 0.25) is 0 Å². The highest BCUT2D eigenvalue weighted by Crippen LogP contribution is 2.24. The predicted octanol–water partition coefficient (Wildman–Crippen LogP) is 3.41. The summed E-state index contributed by atoms with van der Waals surface area (Å²) in [4.78, 5) is 35.9. The Labute approximate surface area is 156 Å². The number of carbonyl (C=O) groups is 2. The molecule has 1 N–H and O–H groups in total. The number of nitro benzene ring substituents is 1. The third-order valence-corrected chi connectivity index (χ3v) is 4.52. The molecule has 1 saturated heterocycles. The number of nitrogens with zero attached hydrogens (tertiary/aromatic N) is 2. The Bertz CT molecular complexity index is 871. The molecule has 0 atom stereocenters. The van der Waals surface area contributed by atoms with Crippen molar-refractivity contribution in [3.05, 3.63) is 61.7 Å². The zero-order valence-corrected chi connectivity index (χ0v) is 14.9. The molecule has 9 heteroatoms. The summed E-state index contributed by atoms with van der Waals surface area (Å²) < 4.78 is 5.49. The lowest BCUT2D eigenvalue weighted by molar-refractivity contribution is -0.384. The average molecular weight is 453 g/mol. The molecule has 128 valence electrons. The Morgan fingerprint density at radius 3 is 2.76 bits per heavy atom. The van der Waals surface area contributed by atoms with Crippen LogP contribution in [0.2, 0.25) is 0 Å². The quantitative estimate of drug-likeness (QED) is 0.435. The number of cyclic esters (lactones) is 1. The number of amides is 2. The Morgan fingerprint density at radius 2 is 2.08 bits per heavy atom. The van der Waals surface area contributed by atoms with Crippen LogP contribution in [0.4, 0.5) is 21.9 Å². The van der Waals surface area contributed by atoms with Crippen LogP contribution in [0.5, 0.6) is 0 Å². The topological polar surface area (TPSA) is 102 Å². The normalized spacial score (nSPS) is 13.5. The average Bonchev–Trinajstić information content (AvgIpc) is 3.01. The molecule has 0 radical (unpaired) electrons. The van der Waals surface area contributed by atoms with E-state index in [1.807, 2.05) is 22.6 Å². The Balaban J connectivity index is 1.83. The molecular formula is C16H12IN3O5. The van der Waals surface area contributed by atoms with Crippen LogP contribution in [-0.2, 0) is 4.74 Å². The molecule has 0 aliphatic carbocycles. The lowest BCUT2D eigenvalue weighted by Gasteiger charge is -2.14. The van der Waals surface area contributed by atoms with Crippen LogP contribution in [0.15, 0.2) is 42.5 Å². The van der Waals surface area contributed by atoms with Crippen molar-refractivity contribution in [1.29, 1.82) is 0 Å². The highest BCUT2D eigenvalue weighted by Gasteiger charge is 2.24. The fourth-order valence-corrected chi connectivity index (χ4v) is 2.96. The molecule has 25 heavy (non-hydrogen) atoms. The van der Waals surface area contributed by atoms with Gasteiger partial charge in [0.05, 0.1) is 17.0 Å². The summed E-state index contributed by atoms with van der Waals surface area (Å²) in [5, 5.41) is 13.6. The number of benzene rings is 2. The Hall–Kier alpha value is -2.69. The van der Waals surface area contributed by atoms with E-state index in [4.69, 9.17) is 4.74 Å². The van der Waals surface area contributed by atoms with E-state index in [0.717, 1.165) is 0 Å². The van der Waals surface area contributed by atoms with Crippen LogP contribution in [0.3, 0.4) is 0 Å². The van der Waals surface area contributed by atoms with Gasteiger partial charge >= 0.3 is 6.09 Å². The smallest absolute Gasteiger partial charge is 0.414 e. The number of carbonyl (C=O) groups excluding carboxylic acids is 2. The highest BCUT2D eigenvalue weighted by atomic mass is 127. The molecular weight excluding hydrogens is 441 g/mol. The van der Waals surface area contributed by atoms with Gasteiger partial charge in [-0.1, -0.05) is 6.07 Å². The largest absolute Gasteiger partial charge is 0.447 e. The van der Waals surface area contributed by atoms with Gasteiger partial charge < -0.3 is 10.1 Å². The summed E-state index contributed by atoms with van der Waals surface area (Å²) in [5.41, 5.74) is 1.14. The first-order valence-electron chi connectivity index (χ1n) is 7.25. The Kier molecular flexibility index (Phi) is 4.83. The molecule has 2 aromatic rings. The summed E-state index contributed by atoms with van der Waals surface area (Å²) in [6.07, 6.45) is -0.434. The van der Waals surface area contributed by atoms with Crippen LogP contribution in [0.25, 0.3) is 0 Å². The molecule has 3 rings (SSSR count). The van der Waals surface area contributed by atoms with Gasteiger partial charge in [-0.3, -0.25) is 19.8 Å². The zero-order chi connectivity index (χ0) is 18.0. The van der Waals surface area contributed by atoms with Gasteiger partial charge in [-0.2, -0.15) is 0 Å². The number of rotatable bonds is 4. The maximum atomic E-state index is 12.5. The second-order valence-electron chi connectivity index (χ2n) is 5.19. The lowest BCUT2D eigenvalue weighted by Crippen LogP contribution is -2.23. The van der Waals surface area contributed by atoms with E-state index in [-0.39, 0.29) is 11.3 Å². The summed E-state index contributed by atoms with van der Waals surface area (Å²) >= 11 is 1.95. The monoisotopic (exact) mass is 453 g/mol. The molecule has 2 aromatic carbocycles. The zero-order valence-electron chi connectivity index (χ0n) is 12.8. The van der Waals surface area contributed by atoms with Crippen molar-refractivity contribution in [2.24, 2.45) is 0 Å². The maximum absolute atomic E-state index is 12.5. The van der Waals surface area contributed by atoms with E-state index in [1.165, 1.54) is 23.1 Å². The number of nitro groups is 1. The molecule has 1 aliphatic heterocycles. The lowest BCUT2D eigenvalue weighted by atomic mass is 10.2. The fraction of sp³-hybridized carbons (Fsp3) is 0.125. The summed E-state index contributed by atoms with van der Waals surface area (Å²) in [7, 11) is 0. The van der Waals surface area contributed by atoms with Crippen LogP contribution in [-0.4, -0.2) is 30.1 Å². The first kappa shape index (κ1) is 17.1. The predicted molar refractivity (Wildman–Crippen MR) is 98.9 cm³/mol. The van der Waals surface area contributed by atoms with Gasteiger partial charge in [0.15, 0.2) is 0 Å². The molecule has 0 unspecified atom stereocenters. The minimum absolute atomic E-state index is 0.154. The van der Waals surface area contributed by atoms with Gasteiger partial charge in [0.1, 0.15) is 6.61 Å². The summed E-state index contributed by atoms with van der Waals surface area (Å²) in [5.74, 6) is -0.464. The van der Waals surface area contributed by atoms with Crippen LogP contribution in [0.1, 0.15) is 10.4 Å². The van der Waals surface area contributed by atoms with Crippen LogP contribution < -0.4 is 10.2 Å². The minimum atomic E-state index is -0.549. The van der Waals surface area contributed by atoms with Crippen molar-refractivity contribution in [1.82, 2.24) is 0 Å². The molecule has 8 nitrogen and oxygen atoms in total. The van der Waals surface area contributed by atoms with Crippen molar-refractivity contribution in [3.8, 4) is 0 Å². The Morgan fingerprint density at radius 1 is 1.28 bits per heavy atom. The second-order valence-corrected chi connectivity index (χ2v) is 6.35. The molecule has 1 fully saturated rings. The molecule has 1 heterocycles. The number of hydrogen-bond donors (Lipinski definition) is 1.